The largest absolute Gasteiger partial charge is 0.433 e. The van der Waals surface area contributed by atoms with E-state index in [1.54, 1.807) is 5.38 Å². The molecule has 0 saturated heterocycles. The lowest BCUT2D eigenvalue weighted by molar-refractivity contribution is -0.0498. The number of hydrogen-bond donors (Lipinski definition) is 2. The van der Waals surface area contributed by atoms with Gasteiger partial charge in [0.15, 0.2) is 0 Å². The summed E-state index contributed by atoms with van der Waals surface area (Å²) in [6.45, 7) is -0.900. The van der Waals surface area contributed by atoms with Crippen LogP contribution in [0, 0.1) is 0 Å². The molecule has 2 aromatic rings. The summed E-state index contributed by atoms with van der Waals surface area (Å²) >= 11 is 1.07. The van der Waals surface area contributed by atoms with Crippen molar-refractivity contribution in [3.8, 4) is 5.75 Å². The van der Waals surface area contributed by atoms with Crippen molar-refractivity contribution in [3.63, 3.8) is 0 Å². The number of benzene rings is 1. The monoisotopic (exact) mass is 360 g/mol. The van der Waals surface area contributed by atoms with E-state index in [1.807, 2.05) is 18.2 Å². The lowest BCUT2D eigenvalue weighted by Gasteiger charge is -2.08. The highest BCUT2D eigenvalue weighted by atomic mass is 35.5. The number of fused-ring (bicyclic) bond motifs is 1. The van der Waals surface area contributed by atoms with Gasteiger partial charge in [0.25, 0.3) is 5.91 Å². The first-order valence-corrected chi connectivity index (χ1v) is 7.63. The van der Waals surface area contributed by atoms with Crippen molar-refractivity contribution in [1.29, 1.82) is 0 Å². The zero-order valence-electron chi connectivity index (χ0n) is 12.0. The molecule has 8 heteroatoms. The van der Waals surface area contributed by atoms with Crippen LogP contribution in [0.4, 0.5) is 8.78 Å². The van der Waals surface area contributed by atoms with Crippen LogP contribution in [0.3, 0.4) is 0 Å². The average molecular weight is 361 g/mol. The minimum atomic E-state index is -2.94. The van der Waals surface area contributed by atoms with Gasteiger partial charge in [-0.2, -0.15) is 8.78 Å². The van der Waals surface area contributed by atoms with Gasteiger partial charge in [0, 0.05) is 19.6 Å². The van der Waals surface area contributed by atoms with Gasteiger partial charge in [0.1, 0.15) is 10.6 Å². The van der Waals surface area contributed by atoms with Gasteiger partial charge in [-0.3, -0.25) is 4.79 Å². The maximum atomic E-state index is 12.3. The first-order chi connectivity index (χ1) is 10.6. The number of hydrogen-bond acceptors (Lipinski definition) is 4. The van der Waals surface area contributed by atoms with Crippen molar-refractivity contribution in [2.24, 2.45) is 0 Å². The van der Waals surface area contributed by atoms with E-state index in [0.29, 0.717) is 6.54 Å². The van der Waals surface area contributed by atoms with E-state index < -0.39 is 12.5 Å². The van der Waals surface area contributed by atoms with Crippen molar-refractivity contribution in [2.45, 2.75) is 26.2 Å². The van der Waals surface area contributed by atoms with E-state index in [-0.39, 0.29) is 23.0 Å². The van der Waals surface area contributed by atoms with Crippen molar-refractivity contribution >= 4 is 29.7 Å². The van der Waals surface area contributed by atoms with Crippen LogP contribution >= 0.6 is 23.7 Å². The minimum Gasteiger partial charge on any atom is -0.433 e. The van der Waals surface area contributed by atoms with Crippen molar-refractivity contribution in [3.05, 3.63) is 51.2 Å². The van der Waals surface area contributed by atoms with Gasteiger partial charge in [0.2, 0.25) is 0 Å². The quantitative estimate of drug-likeness (QED) is 0.860. The summed E-state index contributed by atoms with van der Waals surface area (Å²) < 4.78 is 28.9. The third-order valence-corrected chi connectivity index (χ3v) is 4.30. The molecule has 1 aliphatic rings. The second-order valence-corrected chi connectivity index (χ2v) is 5.80. The van der Waals surface area contributed by atoms with Crippen LogP contribution in [0.1, 0.15) is 26.4 Å². The topological polar surface area (TPSA) is 50.4 Å². The molecule has 0 radical (unpaired) electrons. The van der Waals surface area contributed by atoms with Crippen molar-refractivity contribution < 1.29 is 18.3 Å². The van der Waals surface area contributed by atoms with Gasteiger partial charge in [-0.25, -0.2) is 0 Å². The number of nitrogens with one attached hydrogen (secondary N) is 2. The first-order valence-electron chi connectivity index (χ1n) is 6.75. The molecule has 1 aromatic heterocycles. The summed E-state index contributed by atoms with van der Waals surface area (Å²) in [6, 6.07) is 7.40. The Morgan fingerprint density at radius 1 is 1.30 bits per heavy atom. The molecule has 0 unspecified atom stereocenters. The molecule has 0 atom stereocenters. The molecular formula is C15H15ClF2N2O2S. The lowest BCUT2D eigenvalue weighted by atomic mass is 10.1. The number of carbonyl (C=O) groups excluding carboxylic acids is 1. The average Bonchev–Trinajstić information content (AvgIpc) is 3.12. The fraction of sp³-hybridized carbons (Fsp3) is 0.267. The number of ether oxygens (including phenoxy) is 1. The summed E-state index contributed by atoms with van der Waals surface area (Å²) in [5, 5.41) is 7.54. The van der Waals surface area contributed by atoms with Gasteiger partial charge in [-0.15, -0.1) is 23.7 Å². The van der Waals surface area contributed by atoms with Gasteiger partial charge in [-0.05, 0) is 28.1 Å². The van der Waals surface area contributed by atoms with Gasteiger partial charge < -0.3 is 15.4 Å². The molecular weight excluding hydrogens is 346 g/mol. The predicted molar refractivity (Wildman–Crippen MR) is 86.4 cm³/mol. The summed E-state index contributed by atoms with van der Waals surface area (Å²) in [5.74, 6) is -0.500. The molecule has 0 saturated carbocycles. The molecule has 2 heterocycles. The Hall–Kier alpha value is -1.70. The van der Waals surface area contributed by atoms with Crippen LogP contribution in [0.25, 0.3) is 0 Å². The summed E-state index contributed by atoms with van der Waals surface area (Å²) in [5.41, 5.74) is 3.47. The van der Waals surface area contributed by atoms with E-state index in [1.165, 1.54) is 17.2 Å². The fourth-order valence-corrected chi connectivity index (χ4v) is 3.11. The standard InChI is InChI=1S/C15H14F2N2O2S.ClH/c16-15(17)21-12-3-4-22-13(12)14(20)19-6-9-1-2-10-7-18-8-11(10)5-9;/h1-5,15,18H,6-8H2,(H,19,20);1H. The Morgan fingerprint density at radius 3 is 2.87 bits per heavy atom. The Bertz CT molecular complexity index is 694. The molecule has 0 aliphatic carbocycles. The lowest BCUT2D eigenvalue weighted by Crippen LogP contribution is -2.22. The zero-order chi connectivity index (χ0) is 15.5. The van der Waals surface area contributed by atoms with Crippen LogP contribution < -0.4 is 15.4 Å². The molecule has 124 valence electrons. The number of amides is 1. The Kier molecular flexibility index (Phi) is 5.92. The number of alkyl halides is 2. The molecule has 0 fully saturated rings. The molecule has 1 amide bonds. The molecule has 1 aromatic carbocycles. The van der Waals surface area contributed by atoms with E-state index >= 15 is 0 Å². The Labute approximate surface area is 142 Å². The van der Waals surface area contributed by atoms with Crippen molar-refractivity contribution in [2.75, 3.05) is 0 Å². The highest BCUT2D eigenvalue weighted by Gasteiger charge is 2.17. The second kappa shape index (κ2) is 7.72. The smallest absolute Gasteiger partial charge is 0.387 e. The number of carbonyl (C=O) groups is 1. The third-order valence-electron chi connectivity index (χ3n) is 3.41. The minimum absolute atomic E-state index is 0. The van der Waals surface area contributed by atoms with Gasteiger partial charge in [0.05, 0.1) is 0 Å². The Morgan fingerprint density at radius 2 is 2.09 bits per heavy atom. The molecule has 23 heavy (non-hydrogen) atoms. The second-order valence-electron chi connectivity index (χ2n) is 4.88. The van der Waals surface area contributed by atoms with E-state index in [4.69, 9.17) is 0 Å². The Balaban J connectivity index is 0.00000192. The molecule has 2 N–H and O–H groups in total. The third kappa shape index (κ3) is 4.19. The van der Waals surface area contributed by atoms with Crippen molar-refractivity contribution in [1.82, 2.24) is 10.6 Å². The highest BCUT2D eigenvalue weighted by molar-refractivity contribution is 7.12. The van der Waals surface area contributed by atoms with Gasteiger partial charge in [-0.1, -0.05) is 18.2 Å². The SMILES string of the molecule is Cl.O=C(NCc1ccc2c(c1)CNC2)c1sccc1OC(F)F. The number of rotatable bonds is 5. The first kappa shape index (κ1) is 17.7. The summed E-state index contributed by atoms with van der Waals surface area (Å²) in [6.07, 6.45) is 0. The van der Waals surface area contributed by atoms with Crippen LogP contribution in [0.15, 0.2) is 29.6 Å². The molecule has 0 spiro atoms. The molecule has 4 nitrogen and oxygen atoms in total. The molecule has 3 rings (SSSR count). The van der Waals surface area contributed by atoms with Crippen LogP contribution in [0.2, 0.25) is 0 Å². The summed E-state index contributed by atoms with van der Waals surface area (Å²) in [4.78, 5) is 12.2. The predicted octanol–water partition coefficient (Wildman–Crippen LogP) is 3.30. The molecule has 1 aliphatic heterocycles. The maximum absolute atomic E-state index is 12.3. The number of thiophene rings is 1. The molecule has 0 bridgehead atoms. The van der Waals surface area contributed by atoms with Crippen LogP contribution in [0.5, 0.6) is 5.75 Å². The van der Waals surface area contributed by atoms with Gasteiger partial charge >= 0.3 is 6.61 Å². The van der Waals surface area contributed by atoms with E-state index in [0.717, 1.165) is 30.0 Å². The van der Waals surface area contributed by atoms with Crippen LogP contribution in [-0.4, -0.2) is 12.5 Å². The van der Waals surface area contributed by atoms with Crippen LogP contribution in [-0.2, 0) is 19.6 Å². The zero-order valence-corrected chi connectivity index (χ0v) is 13.6. The summed E-state index contributed by atoms with van der Waals surface area (Å²) in [7, 11) is 0. The maximum Gasteiger partial charge on any atom is 0.387 e. The normalized spacial score (nSPS) is 12.7. The fourth-order valence-electron chi connectivity index (χ4n) is 2.37. The highest BCUT2D eigenvalue weighted by Crippen LogP contribution is 2.26. The number of halogens is 3. The van der Waals surface area contributed by atoms with E-state index in [9.17, 15) is 13.6 Å². The van der Waals surface area contributed by atoms with E-state index in [2.05, 4.69) is 15.4 Å².